The number of fused-ring (bicyclic) bond motifs is 1. The molecule has 0 aromatic heterocycles. The van der Waals surface area contributed by atoms with Crippen molar-refractivity contribution >= 4 is 17.5 Å². The molecule has 5 heteroatoms. The molecular formula is C21H25N3O2. The van der Waals surface area contributed by atoms with Crippen molar-refractivity contribution in [2.24, 2.45) is 0 Å². The van der Waals surface area contributed by atoms with Crippen LogP contribution in [0.5, 0.6) is 0 Å². The summed E-state index contributed by atoms with van der Waals surface area (Å²) in [6, 6.07) is 17.5. The fourth-order valence-corrected chi connectivity index (χ4v) is 3.45. The van der Waals surface area contributed by atoms with Gasteiger partial charge in [0.25, 0.3) is 0 Å². The molecule has 0 fully saturated rings. The number of likely N-dealkylation sites (N-methyl/N-ethyl adjacent to an activating group) is 1. The summed E-state index contributed by atoms with van der Waals surface area (Å²) in [6.45, 7) is 3.66. The molecule has 2 aromatic carbocycles. The van der Waals surface area contributed by atoms with Crippen LogP contribution < -0.4 is 10.2 Å². The van der Waals surface area contributed by atoms with Gasteiger partial charge < -0.3 is 10.2 Å². The first-order chi connectivity index (χ1) is 12.6. The van der Waals surface area contributed by atoms with E-state index in [2.05, 4.69) is 22.3 Å². The monoisotopic (exact) mass is 351 g/mol. The number of carbonyl (C=O) groups is 2. The van der Waals surface area contributed by atoms with Gasteiger partial charge in [-0.25, -0.2) is 0 Å². The maximum atomic E-state index is 12.6. The number of amides is 2. The lowest BCUT2D eigenvalue weighted by Crippen LogP contribution is -2.48. The molecule has 3 rings (SSSR count). The summed E-state index contributed by atoms with van der Waals surface area (Å²) in [7, 11) is 2.03. The first-order valence-corrected chi connectivity index (χ1v) is 8.94. The summed E-state index contributed by atoms with van der Waals surface area (Å²) in [6.07, 6.45) is 0.571. The zero-order chi connectivity index (χ0) is 18.5. The number of nitrogens with one attached hydrogen (secondary N) is 1. The molecule has 0 radical (unpaired) electrons. The van der Waals surface area contributed by atoms with Crippen LogP contribution in [0.15, 0.2) is 54.6 Å². The standard InChI is InChI=1S/C21H25N3O2/c1-16(25)24-19-11-7-6-10-18(19)14-20(24)21(26)22-12-13-23(2)15-17-8-4-3-5-9-17/h3-11,20H,12-15H2,1-2H3,(H,22,26). The Kier molecular flexibility index (Phi) is 5.68. The smallest absolute Gasteiger partial charge is 0.243 e. The highest BCUT2D eigenvalue weighted by Crippen LogP contribution is 2.32. The van der Waals surface area contributed by atoms with E-state index in [4.69, 9.17) is 0 Å². The van der Waals surface area contributed by atoms with Crippen LogP contribution in [0.1, 0.15) is 18.1 Å². The van der Waals surface area contributed by atoms with E-state index in [1.54, 1.807) is 4.90 Å². The normalized spacial score (nSPS) is 15.8. The van der Waals surface area contributed by atoms with E-state index in [1.165, 1.54) is 12.5 Å². The largest absolute Gasteiger partial charge is 0.353 e. The molecule has 136 valence electrons. The highest BCUT2D eigenvalue weighted by Gasteiger charge is 2.36. The van der Waals surface area contributed by atoms with E-state index in [0.717, 1.165) is 24.3 Å². The minimum atomic E-state index is -0.454. The second-order valence-electron chi connectivity index (χ2n) is 6.75. The third-order valence-electron chi connectivity index (χ3n) is 4.71. The molecular weight excluding hydrogens is 326 g/mol. The predicted octanol–water partition coefficient (Wildman–Crippen LogP) is 2.21. The number of anilines is 1. The van der Waals surface area contributed by atoms with Crippen molar-refractivity contribution in [3.63, 3.8) is 0 Å². The molecule has 1 unspecified atom stereocenters. The van der Waals surface area contributed by atoms with Gasteiger partial charge in [0.2, 0.25) is 11.8 Å². The van der Waals surface area contributed by atoms with Crippen molar-refractivity contribution in [1.82, 2.24) is 10.2 Å². The molecule has 2 amide bonds. The summed E-state index contributed by atoms with van der Waals surface area (Å²) in [4.78, 5) is 28.5. The van der Waals surface area contributed by atoms with Gasteiger partial charge >= 0.3 is 0 Å². The summed E-state index contributed by atoms with van der Waals surface area (Å²) in [5.41, 5.74) is 3.14. The van der Waals surface area contributed by atoms with Crippen molar-refractivity contribution in [3.05, 3.63) is 65.7 Å². The molecule has 1 aliphatic heterocycles. The van der Waals surface area contributed by atoms with Gasteiger partial charge in [-0.15, -0.1) is 0 Å². The molecule has 0 spiro atoms. The van der Waals surface area contributed by atoms with Gasteiger partial charge in [-0.3, -0.25) is 14.5 Å². The van der Waals surface area contributed by atoms with Crippen LogP contribution in [-0.4, -0.2) is 42.9 Å². The molecule has 2 aromatic rings. The van der Waals surface area contributed by atoms with Crippen LogP contribution >= 0.6 is 0 Å². The van der Waals surface area contributed by atoms with Crippen LogP contribution in [-0.2, 0) is 22.6 Å². The number of para-hydroxylation sites is 1. The summed E-state index contributed by atoms with van der Waals surface area (Å²) in [5.74, 6) is -0.194. The Morgan fingerprint density at radius 3 is 2.54 bits per heavy atom. The predicted molar refractivity (Wildman–Crippen MR) is 103 cm³/mol. The van der Waals surface area contributed by atoms with Crippen molar-refractivity contribution in [1.29, 1.82) is 0 Å². The van der Waals surface area contributed by atoms with E-state index in [-0.39, 0.29) is 11.8 Å². The number of rotatable bonds is 6. The zero-order valence-corrected chi connectivity index (χ0v) is 15.3. The fourth-order valence-electron chi connectivity index (χ4n) is 3.45. The lowest BCUT2D eigenvalue weighted by Gasteiger charge is -2.24. The fraction of sp³-hybridized carbons (Fsp3) is 0.333. The number of hydrogen-bond acceptors (Lipinski definition) is 3. The average molecular weight is 351 g/mol. The Hall–Kier alpha value is -2.66. The second-order valence-corrected chi connectivity index (χ2v) is 6.75. The van der Waals surface area contributed by atoms with E-state index >= 15 is 0 Å². The molecule has 1 N–H and O–H groups in total. The van der Waals surface area contributed by atoms with Gasteiger partial charge in [0, 0.05) is 38.7 Å². The van der Waals surface area contributed by atoms with Crippen LogP contribution in [0.3, 0.4) is 0 Å². The molecule has 1 heterocycles. The molecule has 26 heavy (non-hydrogen) atoms. The Balaban J connectivity index is 1.53. The third kappa shape index (κ3) is 4.11. The van der Waals surface area contributed by atoms with Crippen molar-refractivity contribution in [2.75, 3.05) is 25.0 Å². The van der Waals surface area contributed by atoms with Crippen LogP contribution in [0.25, 0.3) is 0 Å². The first kappa shape index (κ1) is 18.1. The Labute approximate surface area is 154 Å². The number of carbonyl (C=O) groups excluding carboxylic acids is 2. The highest BCUT2D eigenvalue weighted by atomic mass is 16.2. The number of benzene rings is 2. The van der Waals surface area contributed by atoms with Gasteiger partial charge in [0.05, 0.1) is 0 Å². The minimum absolute atomic E-state index is 0.0930. The lowest BCUT2D eigenvalue weighted by atomic mass is 10.1. The molecule has 0 saturated carbocycles. The number of nitrogens with zero attached hydrogens (tertiary/aromatic N) is 2. The van der Waals surface area contributed by atoms with E-state index < -0.39 is 6.04 Å². The Morgan fingerprint density at radius 2 is 1.81 bits per heavy atom. The van der Waals surface area contributed by atoms with Crippen molar-refractivity contribution < 1.29 is 9.59 Å². The van der Waals surface area contributed by atoms with Gasteiger partial charge in [-0.05, 0) is 24.2 Å². The third-order valence-corrected chi connectivity index (χ3v) is 4.71. The van der Waals surface area contributed by atoms with E-state index in [1.807, 2.05) is 49.5 Å². The molecule has 1 aliphatic rings. The lowest BCUT2D eigenvalue weighted by molar-refractivity contribution is -0.125. The minimum Gasteiger partial charge on any atom is -0.353 e. The van der Waals surface area contributed by atoms with Crippen molar-refractivity contribution in [3.8, 4) is 0 Å². The van der Waals surface area contributed by atoms with Crippen molar-refractivity contribution in [2.45, 2.75) is 25.9 Å². The summed E-state index contributed by atoms with van der Waals surface area (Å²) < 4.78 is 0. The van der Waals surface area contributed by atoms with Crippen LogP contribution in [0.2, 0.25) is 0 Å². The topological polar surface area (TPSA) is 52.7 Å². The van der Waals surface area contributed by atoms with Gasteiger partial charge in [-0.1, -0.05) is 48.5 Å². The van der Waals surface area contributed by atoms with Gasteiger partial charge in [0.1, 0.15) is 6.04 Å². The van der Waals surface area contributed by atoms with E-state index in [9.17, 15) is 9.59 Å². The zero-order valence-electron chi connectivity index (χ0n) is 15.3. The first-order valence-electron chi connectivity index (χ1n) is 8.94. The second kappa shape index (κ2) is 8.15. The summed E-state index contributed by atoms with van der Waals surface area (Å²) >= 11 is 0. The Morgan fingerprint density at radius 1 is 1.12 bits per heavy atom. The maximum Gasteiger partial charge on any atom is 0.243 e. The van der Waals surface area contributed by atoms with Gasteiger partial charge in [-0.2, -0.15) is 0 Å². The Bertz CT molecular complexity index is 776. The molecule has 0 aliphatic carbocycles. The number of hydrogen-bond donors (Lipinski definition) is 1. The summed E-state index contributed by atoms with van der Waals surface area (Å²) in [5, 5.41) is 2.99. The molecule has 5 nitrogen and oxygen atoms in total. The van der Waals surface area contributed by atoms with Crippen LogP contribution in [0, 0.1) is 0 Å². The average Bonchev–Trinajstić information content (AvgIpc) is 3.02. The molecule has 0 saturated heterocycles. The maximum absolute atomic E-state index is 12.6. The SMILES string of the molecule is CC(=O)N1c2ccccc2CC1C(=O)NCCN(C)Cc1ccccc1. The van der Waals surface area contributed by atoms with Crippen LogP contribution in [0.4, 0.5) is 5.69 Å². The molecule has 1 atom stereocenters. The van der Waals surface area contributed by atoms with E-state index in [0.29, 0.717) is 13.0 Å². The van der Waals surface area contributed by atoms with Gasteiger partial charge in [0.15, 0.2) is 0 Å². The quantitative estimate of drug-likeness (QED) is 0.868. The highest BCUT2D eigenvalue weighted by molar-refractivity contribution is 6.02. The molecule has 0 bridgehead atoms.